The van der Waals surface area contributed by atoms with Gasteiger partial charge in [0.15, 0.2) is 0 Å². The molecule has 0 aromatic carbocycles. The molecular weight excluding hydrogens is 280 g/mol. The lowest BCUT2D eigenvalue weighted by Crippen LogP contribution is -2.41. The van der Waals surface area contributed by atoms with Crippen LogP contribution in [0.4, 0.5) is 11.5 Å². The summed E-state index contributed by atoms with van der Waals surface area (Å²) in [7, 11) is 1.45. The van der Waals surface area contributed by atoms with Gasteiger partial charge in [0.05, 0.1) is 0 Å². The van der Waals surface area contributed by atoms with E-state index in [1.165, 1.54) is 11.6 Å². The molecule has 0 aliphatic carbocycles. The van der Waals surface area contributed by atoms with Crippen LogP contribution >= 0.6 is 12.4 Å². The quantitative estimate of drug-likeness (QED) is 0.614. The predicted molar refractivity (Wildman–Crippen MR) is 85.8 cm³/mol. The number of nitrogens with one attached hydrogen (secondary N) is 1. The van der Waals surface area contributed by atoms with Crippen molar-refractivity contribution in [1.29, 1.82) is 0 Å². The molecule has 0 radical (unpaired) electrons. The molecule has 0 aliphatic heterocycles. The molecule has 0 amide bonds. The predicted octanol–water partition coefficient (Wildman–Crippen LogP) is 1.34. The first-order valence-corrected chi connectivity index (χ1v) is 6.37. The molecule has 7 heteroatoms. The normalized spacial score (nSPS) is 9.95. The Morgan fingerprint density at radius 1 is 1.40 bits per heavy atom. The fraction of sp³-hybridized carbons (Fsp3) is 0.538. The van der Waals surface area contributed by atoms with Gasteiger partial charge in [-0.2, -0.15) is 0 Å². The van der Waals surface area contributed by atoms with Crippen molar-refractivity contribution in [3.05, 3.63) is 33.0 Å². The highest BCUT2D eigenvalue weighted by Gasteiger charge is 2.14. The van der Waals surface area contributed by atoms with Gasteiger partial charge in [-0.15, -0.1) is 12.4 Å². The summed E-state index contributed by atoms with van der Waals surface area (Å²) in [5.41, 5.74) is 6.20. The number of halogens is 1. The number of nitrogens with zero attached hydrogens (tertiary/aromatic N) is 2. The highest BCUT2D eigenvalue weighted by atomic mass is 35.5. The molecule has 0 fully saturated rings. The molecule has 0 spiro atoms. The minimum absolute atomic E-state index is 0. The monoisotopic (exact) mass is 302 g/mol. The van der Waals surface area contributed by atoms with Crippen molar-refractivity contribution >= 4 is 23.9 Å². The van der Waals surface area contributed by atoms with E-state index in [4.69, 9.17) is 5.73 Å². The van der Waals surface area contributed by atoms with E-state index in [0.29, 0.717) is 13.1 Å². The summed E-state index contributed by atoms with van der Waals surface area (Å²) in [4.78, 5) is 24.0. The standard InChI is InChI=1S/C13H22N4O2.ClH/c1-5-6-7-15-10-11(14)17(8-9(2)3)13(19)16(4)12(10)18;/h15H,2,5-8,14H2,1,3-4H3;1H. The van der Waals surface area contributed by atoms with Gasteiger partial charge in [0.25, 0.3) is 5.56 Å². The van der Waals surface area contributed by atoms with Gasteiger partial charge in [-0.1, -0.05) is 25.5 Å². The summed E-state index contributed by atoms with van der Waals surface area (Å²) < 4.78 is 2.42. The van der Waals surface area contributed by atoms with Crippen LogP contribution in [0.2, 0.25) is 0 Å². The maximum Gasteiger partial charge on any atom is 0.332 e. The molecule has 0 atom stereocenters. The van der Waals surface area contributed by atoms with Gasteiger partial charge in [0, 0.05) is 20.1 Å². The molecule has 1 aromatic rings. The minimum atomic E-state index is -0.424. The number of anilines is 2. The Bertz CT molecular complexity index is 589. The molecule has 3 N–H and O–H groups in total. The highest BCUT2D eigenvalue weighted by Crippen LogP contribution is 2.12. The lowest BCUT2D eigenvalue weighted by molar-refractivity contribution is 0.651. The fourth-order valence-corrected chi connectivity index (χ4v) is 1.76. The topological polar surface area (TPSA) is 82.0 Å². The van der Waals surface area contributed by atoms with Gasteiger partial charge < -0.3 is 11.1 Å². The van der Waals surface area contributed by atoms with Crippen LogP contribution in [-0.4, -0.2) is 15.7 Å². The molecule has 114 valence electrons. The van der Waals surface area contributed by atoms with Crippen LogP contribution in [0.5, 0.6) is 0 Å². The maximum absolute atomic E-state index is 12.0. The number of unbranched alkanes of at least 4 members (excludes halogenated alkanes) is 1. The first kappa shape index (κ1) is 18.3. The Morgan fingerprint density at radius 3 is 2.50 bits per heavy atom. The van der Waals surface area contributed by atoms with E-state index in [1.54, 1.807) is 6.92 Å². The minimum Gasteiger partial charge on any atom is -0.383 e. The van der Waals surface area contributed by atoms with Crippen molar-refractivity contribution < 1.29 is 0 Å². The molecule has 20 heavy (non-hydrogen) atoms. The number of hydrogen-bond acceptors (Lipinski definition) is 4. The van der Waals surface area contributed by atoms with Crippen molar-refractivity contribution in [1.82, 2.24) is 9.13 Å². The van der Waals surface area contributed by atoms with E-state index in [1.807, 2.05) is 0 Å². The van der Waals surface area contributed by atoms with Crippen molar-refractivity contribution in [3.63, 3.8) is 0 Å². The molecular formula is C13H23ClN4O2. The molecule has 0 unspecified atom stereocenters. The summed E-state index contributed by atoms with van der Waals surface area (Å²) in [5, 5.41) is 3.02. The summed E-state index contributed by atoms with van der Waals surface area (Å²) in [6, 6.07) is 0. The van der Waals surface area contributed by atoms with Crippen molar-refractivity contribution in [2.24, 2.45) is 7.05 Å². The number of rotatable bonds is 6. The van der Waals surface area contributed by atoms with Crippen LogP contribution in [0, 0.1) is 0 Å². The lowest BCUT2D eigenvalue weighted by Gasteiger charge is -2.15. The van der Waals surface area contributed by atoms with Gasteiger partial charge in [-0.25, -0.2) is 4.79 Å². The van der Waals surface area contributed by atoms with E-state index < -0.39 is 11.2 Å². The van der Waals surface area contributed by atoms with Crippen LogP contribution in [-0.2, 0) is 13.6 Å². The average Bonchev–Trinajstić information content (AvgIpc) is 2.36. The van der Waals surface area contributed by atoms with Gasteiger partial charge in [0.2, 0.25) is 0 Å². The average molecular weight is 303 g/mol. The molecule has 1 rings (SSSR count). The molecule has 0 aliphatic rings. The van der Waals surface area contributed by atoms with Gasteiger partial charge in [-0.3, -0.25) is 13.9 Å². The first-order valence-electron chi connectivity index (χ1n) is 6.37. The molecule has 0 bridgehead atoms. The summed E-state index contributed by atoms with van der Waals surface area (Å²) in [6.45, 7) is 8.59. The Labute approximate surface area is 124 Å². The second kappa shape index (κ2) is 7.79. The van der Waals surface area contributed by atoms with Crippen LogP contribution < -0.4 is 22.3 Å². The highest BCUT2D eigenvalue weighted by molar-refractivity contribution is 5.85. The molecule has 0 saturated heterocycles. The molecule has 6 nitrogen and oxygen atoms in total. The van der Waals surface area contributed by atoms with Gasteiger partial charge in [0.1, 0.15) is 11.5 Å². The van der Waals surface area contributed by atoms with Crippen molar-refractivity contribution in [3.8, 4) is 0 Å². The SMILES string of the molecule is C=C(C)Cn1c(N)c(NCCCC)c(=O)n(C)c1=O.Cl. The van der Waals surface area contributed by atoms with Crippen LogP contribution in [0.25, 0.3) is 0 Å². The zero-order valence-corrected chi connectivity index (χ0v) is 13.0. The summed E-state index contributed by atoms with van der Waals surface area (Å²) in [5.74, 6) is 0.173. The van der Waals surface area contributed by atoms with Crippen LogP contribution in [0.1, 0.15) is 26.7 Å². The van der Waals surface area contributed by atoms with E-state index >= 15 is 0 Å². The molecule has 1 aromatic heterocycles. The lowest BCUT2D eigenvalue weighted by atomic mass is 10.3. The maximum atomic E-state index is 12.0. The molecule has 0 saturated carbocycles. The van der Waals surface area contributed by atoms with E-state index in [0.717, 1.165) is 23.0 Å². The van der Waals surface area contributed by atoms with E-state index in [9.17, 15) is 9.59 Å². The number of nitrogens with two attached hydrogens (primary N) is 1. The van der Waals surface area contributed by atoms with E-state index in [-0.39, 0.29) is 23.9 Å². The second-order valence-corrected chi connectivity index (χ2v) is 4.73. The van der Waals surface area contributed by atoms with Crippen molar-refractivity contribution in [2.45, 2.75) is 33.2 Å². The Morgan fingerprint density at radius 2 is 2.00 bits per heavy atom. The number of aromatic nitrogens is 2. The number of allylic oxidation sites excluding steroid dienone is 1. The third-order valence-corrected chi connectivity index (χ3v) is 2.84. The zero-order chi connectivity index (χ0) is 14.6. The van der Waals surface area contributed by atoms with Crippen LogP contribution in [0.15, 0.2) is 21.7 Å². The first-order chi connectivity index (χ1) is 8.90. The van der Waals surface area contributed by atoms with E-state index in [2.05, 4.69) is 18.8 Å². The third kappa shape index (κ3) is 3.90. The Kier molecular flexibility index (Phi) is 7.13. The van der Waals surface area contributed by atoms with Gasteiger partial charge in [-0.05, 0) is 13.3 Å². The second-order valence-electron chi connectivity index (χ2n) is 4.73. The third-order valence-electron chi connectivity index (χ3n) is 2.84. The van der Waals surface area contributed by atoms with Gasteiger partial charge >= 0.3 is 5.69 Å². The summed E-state index contributed by atoms with van der Waals surface area (Å²) in [6.07, 6.45) is 1.95. The fourth-order valence-electron chi connectivity index (χ4n) is 1.76. The van der Waals surface area contributed by atoms with Crippen LogP contribution in [0.3, 0.4) is 0 Å². The Balaban J connectivity index is 0.00000361. The van der Waals surface area contributed by atoms with Crippen molar-refractivity contribution in [2.75, 3.05) is 17.6 Å². The largest absolute Gasteiger partial charge is 0.383 e. The summed E-state index contributed by atoms with van der Waals surface area (Å²) >= 11 is 0. The Hall–Kier alpha value is -1.69. The smallest absolute Gasteiger partial charge is 0.332 e. The zero-order valence-electron chi connectivity index (χ0n) is 12.2. The number of nitrogen functional groups attached to an aromatic ring is 1. The molecule has 1 heterocycles. The number of hydrogen-bond donors (Lipinski definition) is 2.